The van der Waals surface area contributed by atoms with Crippen molar-refractivity contribution >= 4 is 17.1 Å². The summed E-state index contributed by atoms with van der Waals surface area (Å²) in [5.74, 6) is 1.57. The molecule has 2 heterocycles. The van der Waals surface area contributed by atoms with Crippen molar-refractivity contribution in [2.45, 2.75) is 64.3 Å². The highest BCUT2D eigenvalue weighted by atomic mass is 16.6. The fourth-order valence-corrected chi connectivity index (χ4v) is 4.90. The first kappa shape index (κ1) is 26.7. The quantitative estimate of drug-likeness (QED) is 0.235. The van der Waals surface area contributed by atoms with E-state index in [0.29, 0.717) is 23.8 Å². The van der Waals surface area contributed by atoms with Gasteiger partial charge in [-0.2, -0.15) is 0 Å². The first-order chi connectivity index (χ1) is 18.8. The normalized spacial score (nSPS) is 17.6. The van der Waals surface area contributed by atoms with Crippen LogP contribution in [0.5, 0.6) is 11.6 Å². The molecule has 2 aromatic carbocycles. The lowest BCUT2D eigenvalue weighted by Gasteiger charge is -2.29. The van der Waals surface area contributed by atoms with Crippen molar-refractivity contribution in [1.82, 2.24) is 9.97 Å². The molecule has 0 aliphatic heterocycles. The number of carbonyl (C=O) groups excluding carboxylic acids is 1. The molecule has 0 bridgehead atoms. The van der Waals surface area contributed by atoms with Gasteiger partial charge < -0.3 is 23.4 Å². The van der Waals surface area contributed by atoms with Crippen LogP contribution in [-0.2, 0) is 14.3 Å². The van der Waals surface area contributed by atoms with Crippen LogP contribution in [0, 0.1) is 0 Å². The highest BCUT2D eigenvalue weighted by Crippen LogP contribution is 2.44. The van der Waals surface area contributed by atoms with Gasteiger partial charge in [-0.1, -0.05) is 42.5 Å². The van der Waals surface area contributed by atoms with Crippen LogP contribution >= 0.6 is 0 Å². The number of fused-ring (bicyclic) bond motifs is 1. The molecule has 0 N–H and O–H groups in total. The first-order valence-electron chi connectivity index (χ1n) is 13.3. The third kappa shape index (κ3) is 6.40. The van der Waals surface area contributed by atoms with E-state index in [1.807, 2.05) is 75.4 Å². The van der Waals surface area contributed by atoms with E-state index in [1.54, 1.807) is 7.11 Å². The summed E-state index contributed by atoms with van der Waals surface area (Å²) in [4.78, 5) is 21.1. The van der Waals surface area contributed by atoms with Crippen molar-refractivity contribution in [3.8, 4) is 34.1 Å². The largest absolute Gasteiger partial charge is 0.497 e. The van der Waals surface area contributed by atoms with Crippen LogP contribution < -0.4 is 9.47 Å². The van der Waals surface area contributed by atoms with Crippen molar-refractivity contribution in [3.63, 3.8) is 0 Å². The lowest BCUT2D eigenvalue weighted by molar-refractivity contribution is -0.163. The molecule has 0 spiro atoms. The predicted octanol–water partition coefficient (Wildman–Crippen LogP) is 6.61. The van der Waals surface area contributed by atoms with E-state index in [1.165, 1.54) is 6.33 Å². The lowest BCUT2D eigenvalue weighted by Crippen LogP contribution is -2.33. The van der Waals surface area contributed by atoms with Gasteiger partial charge in [0, 0.05) is 17.5 Å². The summed E-state index contributed by atoms with van der Waals surface area (Å²) in [5, 5.41) is 0.721. The van der Waals surface area contributed by atoms with E-state index in [0.717, 1.165) is 47.1 Å². The molecule has 8 nitrogen and oxygen atoms in total. The number of ether oxygens (including phenoxy) is 4. The summed E-state index contributed by atoms with van der Waals surface area (Å²) in [7, 11) is 1.64. The molecule has 1 fully saturated rings. The minimum Gasteiger partial charge on any atom is -0.497 e. The van der Waals surface area contributed by atoms with Crippen LogP contribution in [0.4, 0.5) is 0 Å². The minimum absolute atomic E-state index is 0.0732. The molecular formula is C31H34N2O6. The zero-order valence-electron chi connectivity index (χ0n) is 22.8. The van der Waals surface area contributed by atoms with Crippen molar-refractivity contribution in [1.29, 1.82) is 0 Å². The van der Waals surface area contributed by atoms with Crippen molar-refractivity contribution in [3.05, 3.63) is 60.9 Å². The second-order valence-corrected chi connectivity index (χ2v) is 10.7. The Hall–Kier alpha value is -3.91. The van der Waals surface area contributed by atoms with Crippen LogP contribution in [0.15, 0.2) is 65.3 Å². The molecule has 5 rings (SSSR count). The number of esters is 1. The third-order valence-corrected chi connectivity index (χ3v) is 6.58. The van der Waals surface area contributed by atoms with E-state index in [9.17, 15) is 4.79 Å². The second-order valence-electron chi connectivity index (χ2n) is 10.7. The number of methoxy groups -OCH3 is 1. The van der Waals surface area contributed by atoms with Gasteiger partial charge in [0.05, 0.1) is 13.2 Å². The molecule has 1 saturated carbocycles. The van der Waals surface area contributed by atoms with Gasteiger partial charge in [-0.05, 0) is 57.7 Å². The lowest BCUT2D eigenvalue weighted by atomic mass is 9.94. The summed E-state index contributed by atoms with van der Waals surface area (Å²) >= 11 is 0. The van der Waals surface area contributed by atoms with Gasteiger partial charge in [-0.3, -0.25) is 0 Å². The first-order valence-corrected chi connectivity index (χ1v) is 13.3. The Morgan fingerprint density at radius 3 is 2.44 bits per heavy atom. The summed E-state index contributed by atoms with van der Waals surface area (Å²) in [6.45, 7) is 5.46. The van der Waals surface area contributed by atoms with Gasteiger partial charge in [0.25, 0.3) is 0 Å². The number of aromatic nitrogens is 2. The van der Waals surface area contributed by atoms with Gasteiger partial charge in [-0.15, -0.1) is 0 Å². The van der Waals surface area contributed by atoms with E-state index in [4.69, 9.17) is 23.4 Å². The van der Waals surface area contributed by atoms with E-state index >= 15 is 0 Å². The Morgan fingerprint density at radius 1 is 0.974 bits per heavy atom. The highest BCUT2D eigenvalue weighted by molar-refractivity contribution is 6.03. The number of benzene rings is 2. The molecule has 0 saturated heterocycles. The topological polar surface area (TPSA) is 92.9 Å². The van der Waals surface area contributed by atoms with Gasteiger partial charge in [0.1, 0.15) is 41.5 Å². The summed E-state index contributed by atoms with van der Waals surface area (Å²) in [6, 6.07) is 17.8. The summed E-state index contributed by atoms with van der Waals surface area (Å²) < 4.78 is 29.5. The Labute approximate surface area is 228 Å². The molecule has 2 aromatic heterocycles. The van der Waals surface area contributed by atoms with Crippen molar-refractivity contribution < 1.29 is 28.2 Å². The minimum atomic E-state index is -0.540. The fourth-order valence-electron chi connectivity index (χ4n) is 4.90. The Morgan fingerprint density at radius 2 is 1.72 bits per heavy atom. The van der Waals surface area contributed by atoms with Crippen molar-refractivity contribution in [2.75, 3.05) is 13.7 Å². The Balaban J connectivity index is 1.43. The summed E-state index contributed by atoms with van der Waals surface area (Å²) in [6.07, 6.45) is 4.53. The maximum atomic E-state index is 12.1. The number of rotatable bonds is 8. The van der Waals surface area contributed by atoms with Gasteiger partial charge in [-0.25, -0.2) is 14.8 Å². The number of furan rings is 1. The van der Waals surface area contributed by atoms with E-state index in [-0.39, 0.29) is 24.8 Å². The fraction of sp³-hybridized carbons (Fsp3) is 0.387. The molecule has 1 aliphatic rings. The summed E-state index contributed by atoms with van der Waals surface area (Å²) in [5.41, 5.74) is 2.65. The zero-order chi connectivity index (χ0) is 27.4. The van der Waals surface area contributed by atoms with Gasteiger partial charge in [0.15, 0.2) is 0 Å². The van der Waals surface area contributed by atoms with E-state index in [2.05, 4.69) is 9.97 Å². The zero-order valence-corrected chi connectivity index (χ0v) is 22.8. The van der Waals surface area contributed by atoms with Gasteiger partial charge >= 0.3 is 5.97 Å². The number of nitrogens with zero attached hydrogens (tertiary/aromatic N) is 2. The van der Waals surface area contributed by atoms with Crippen LogP contribution in [0.3, 0.4) is 0 Å². The molecular weight excluding hydrogens is 496 g/mol. The van der Waals surface area contributed by atoms with E-state index < -0.39 is 5.60 Å². The molecule has 0 radical (unpaired) electrons. The monoisotopic (exact) mass is 530 g/mol. The highest BCUT2D eigenvalue weighted by Gasteiger charge is 2.29. The average Bonchev–Trinajstić information content (AvgIpc) is 3.32. The number of carbonyl (C=O) groups is 1. The molecule has 2 atom stereocenters. The number of hydrogen-bond acceptors (Lipinski definition) is 8. The molecule has 1 unspecified atom stereocenters. The molecule has 8 heteroatoms. The Kier molecular flexibility index (Phi) is 7.84. The van der Waals surface area contributed by atoms with Crippen LogP contribution in [0.1, 0.15) is 46.5 Å². The number of hydrogen-bond donors (Lipinski definition) is 0. The standard InChI is InChI=1S/C31H34N2O6/c1-31(2,3)39-25(34)18-36-23-11-8-12-24(17-23)37-29-27-26(20-13-15-22(35-4)16-14-20)28(21-9-6-5-7-10-21)38-30(27)33-19-32-29/h5-7,9-10,13-16,19,23-24H,8,11-12,17-18H2,1-4H3/t23-,24?/m1/s1. The maximum Gasteiger partial charge on any atom is 0.332 e. The van der Waals surface area contributed by atoms with Crippen LogP contribution in [0.2, 0.25) is 0 Å². The Bertz CT molecular complexity index is 1410. The van der Waals surface area contributed by atoms with Crippen LogP contribution in [-0.4, -0.2) is 47.5 Å². The maximum absolute atomic E-state index is 12.1. The molecule has 39 heavy (non-hydrogen) atoms. The second kappa shape index (κ2) is 11.5. The van der Waals surface area contributed by atoms with Gasteiger partial charge in [0.2, 0.25) is 11.6 Å². The molecule has 204 valence electrons. The molecule has 1 aliphatic carbocycles. The predicted molar refractivity (Wildman–Crippen MR) is 148 cm³/mol. The smallest absolute Gasteiger partial charge is 0.332 e. The SMILES string of the molecule is COc1ccc(-c2c(-c3ccccc3)oc3ncnc(OC4CCC[C@@H](OCC(=O)OC(C)(C)C)C4)c23)cc1. The molecule has 0 amide bonds. The van der Waals surface area contributed by atoms with Crippen molar-refractivity contribution in [2.24, 2.45) is 0 Å². The van der Waals surface area contributed by atoms with Crippen LogP contribution in [0.25, 0.3) is 33.6 Å². The molecule has 4 aromatic rings. The third-order valence-electron chi connectivity index (χ3n) is 6.58. The average molecular weight is 531 g/mol.